The number of nitrogens with zero attached hydrogens (tertiary/aromatic N) is 1. The molecule has 0 fully saturated rings. The number of nitrogens with one attached hydrogen (secondary N) is 1. The number of benzene rings is 2. The standard InChI is InChI=1S/C18H21IN2O3S/c1-12-6-5-7-13(2)18(12)21(25(4,23)24)11-17(22)20-16-9-8-15(19)10-14(16)3/h5-10H,11H2,1-4H3,(H,20,22). The molecule has 1 amide bonds. The first-order chi connectivity index (χ1) is 11.6. The van der Waals surface area contributed by atoms with Gasteiger partial charge < -0.3 is 5.32 Å². The van der Waals surface area contributed by atoms with Gasteiger partial charge in [-0.05, 0) is 78.3 Å². The van der Waals surface area contributed by atoms with Crippen molar-refractivity contribution in [2.24, 2.45) is 0 Å². The molecule has 25 heavy (non-hydrogen) atoms. The zero-order chi connectivity index (χ0) is 18.8. The molecule has 0 bridgehead atoms. The van der Waals surface area contributed by atoms with E-state index in [1.807, 2.05) is 57.2 Å². The van der Waals surface area contributed by atoms with Gasteiger partial charge >= 0.3 is 0 Å². The molecule has 7 heteroatoms. The lowest BCUT2D eigenvalue weighted by atomic mass is 10.1. The van der Waals surface area contributed by atoms with Gasteiger partial charge in [-0.15, -0.1) is 0 Å². The van der Waals surface area contributed by atoms with Crippen molar-refractivity contribution in [3.63, 3.8) is 0 Å². The fourth-order valence-corrected chi connectivity index (χ4v) is 4.27. The lowest BCUT2D eigenvalue weighted by Gasteiger charge is -2.25. The number of hydrogen-bond acceptors (Lipinski definition) is 3. The Morgan fingerprint density at radius 2 is 1.68 bits per heavy atom. The summed E-state index contributed by atoms with van der Waals surface area (Å²) in [6.07, 6.45) is 1.11. The molecule has 0 atom stereocenters. The second-order valence-corrected chi connectivity index (χ2v) is 9.17. The third-order valence-corrected chi connectivity index (χ3v) is 5.62. The zero-order valence-corrected chi connectivity index (χ0v) is 17.6. The van der Waals surface area contributed by atoms with Gasteiger partial charge in [-0.1, -0.05) is 18.2 Å². The molecule has 0 saturated heterocycles. The Morgan fingerprint density at radius 1 is 1.08 bits per heavy atom. The predicted molar refractivity (Wildman–Crippen MR) is 111 cm³/mol. The normalized spacial score (nSPS) is 11.2. The minimum atomic E-state index is -3.60. The molecule has 1 N–H and O–H groups in total. The number of amides is 1. The van der Waals surface area contributed by atoms with Crippen LogP contribution in [0, 0.1) is 24.3 Å². The maximum absolute atomic E-state index is 12.5. The summed E-state index contributed by atoms with van der Waals surface area (Å²) in [7, 11) is -3.60. The van der Waals surface area contributed by atoms with E-state index < -0.39 is 10.0 Å². The Bertz CT molecular complexity index is 890. The van der Waals surface area contributed by atoms with Crippen LogP contribution in [-0.2, 0) is 14.8 Å². The van der Waals surface area contributed by atoms with Crippen LogP contribution >= 0.6 is 22.6 Å². The van der Waals surface area contributed by atoms with E-state index in [1.54, 1.807) is 0 Å². The first-order valence-corrected chi connectivity index (χ1v) is 10.6. The number of hydrogen-bond donors (Lipinski definition) is 1. The summed E-state index contributed by atoms with van der Waals surface area (Å²) in [5.41, 5.74) is 3.78. The molecule has 0 aromatic heterocycles. The van der Waals surface area contributed by atoms with E-state index in [2.05, 4.69) is 27.9 Å². The highest BCUT2D eigenvalue weighted by Gasteiger charge is 2.24. The van der Waals surface area contributed by atoms with Crippen LogP contribution in [0.3, 0.4) is 0 Å². The fourth-order valence-electron chi connectivity index (χ4n) is 2.65. The Labute approximate surface area is 162 Å². The minimum Gasteiger partial charge on any atom is -0.324 e. The highest BCUT2D eigenvalue weighted by molar-refractivity contribution is 14.1. The Hall–Kier alpha value is -1.61. The summed E-state index contributed by atoms with van der Waals surface area (Å²) >= 11 is 2.20. The van der Waals surface area contributed by atoms with Gasteiger partial charge in [0.15, 0.2) is 0 Å². The number of rotatable bonds is 5. The Morgan fingerprint density at radius 3 is 2.20 bits per heavy atom. The number of carbonyl (C=O) groups excluding carboxylic acids is 1. The topological polar surface area (TPSA) is 66.5 Å². The maximum atomic E-state index is 12.5. The number of aryl methyl sites for hydroxylation is 3. The van der Waals surface area contributed by atoms with Crippen LogP contribution in [0.15, 0.2) is 36.4 Å². The van der Waals surface area contributed by atoms with Crippen LogP contribution in [-0.4, -0.2) is 27.1 Å². The van der Waals surface area contributed by atoms with Crippen molar-refractivity contribution >= 4 is 49.9 Å². The van der Waals surface area contributed by atoms with Crippen molar-refractivity contribution in [2.45, 2.75) is 20.8 Å². The van der Waals surface area contributed by atoms with Crippen LogP contribution in [0.1, 0.15) is 16.7 Å². The van der Waals surface area contributed by atoms with Crippen LogP contribution in [0.5, 0.6) is 0 Å². The van der Waals surface area contributed by atoms with Crippen molar-refractivity contribution in [1.82, 2.24) is 0 Å². The summed E-state index contributed by atoms with van der Waals surface area (Å²) in [5.74, 6) is -0.377. The smallest absolute Gasteiger partial charge is 0.245 e. The van der Waals surface area contributed by atoms with Gasteiger partial charge in [0.2, 0.25) is 15.9 Å². The zero-order valence-electron chi connectivity index (χ0n) is 14.6. The highest BCUT2D eigenvalue weighted by Crippen LogP contribution is 2.27. The predicted octanol–water partition coefficient (Wildman–Crippen LogP) is 3.62. The quantitative estimate of drug-likeness (QED) is 0.677. The van der Waals surface area contributed by atoms with E-state index in [-0.39, 0.29) is 12.5 Å². The van der Waals surface area contributed by atoms with Crippen LogP contribution < -0.4 is 9.62 Å². The van der Waals surface area contributed by atoms with E-state index in [0.717, 1.165) is 30.8 Å². The average molecular weight is 472 g/mol. The largest absolute Gasteiger partial charge is 0.324 e. The molecule has 0 saturated carbocycles. The van der Waals surface area contributed by atoms with Crippen LogP contribution in [0.2, 0.25) is 0 Å². The summed E-state index contributed by atoms with van der Waals surface area (Å²) in [6, 6.07) is 11.2. The molecule has 2 aromatic rings. The highest BCUT2D eigenvalue weighted by atomic mass is 127. The molecule has 0 aliphatic rings. The summed E-state index contributed by atoms with van der Waals surface area (Å²) in [4.78, 5) is 12.5. The molecule has 0 radical (unpaired) electrons. The van der Waals surface area contributed by atoms with Gasteiger partial charge in [0, 0.05) is 9.26 Å². The summed E-state index contributed by atoms with van der Waals surface area (Å²) in [5, 5.41) is 2.80. The molecule has 0 spiro atoms. The Balaban J connectivity index is 2.31. The summed E-state index contributed by atoms with van der Waals surface area (Å²) < 4.78 is 26.8. The van der Waals surface area contributed by atoms with Crippen LogP contribution in [0.25, 0.3) is 0 Å². The molecule has 0 aliphatic carbocycles. The minimum absolute atomic E-state index is 0.268. The molecule has 0 aliphatic heterocycles. The molecule has 2 aromatic carbocycles. The van der Waals surface area contributed by atoms with E-state index in [9.17, 15) is 13.2 Å². The lowest BCUT2D eigenvalue weighted by molar-refractivity contribution is -0.114. The van der Waals surface area contributed by atoms with E-state index in [1.165, 1.54) is 0 Å². The van der Waals surface area contributed by atoms with Gasteiger partial charge in [-0.3, -0.25) is 9.10 Å². The summed E-state index contributed by atoms with van der Waals surface area (Å²) in [6.45, 7) is 5.30. The average Bonchev–Trinajstić information content (AvgIpc) is 2.48. The first-order valence-electron chi connectivity index (χ1n) is 7.69. The second-order valence-electron chi connectivity index (χ2n) is 6.02. The van der Waals surface area contributed by atoms with E-state index in [0.29, 0.717) is 11.4 Å². The molecular formula is C18H21IN2O3S. The van der Waals surface area contributed by atoms with Crippen molar-refractivity contribution < 1.29 is 13.2 Å². The lowest BCUT2D eigenvalue weighted by Crippen LogP contribution is -2.38. The molecule has 134 valence electrons. The maximum Gasteiger partial charge on any atom is 0.245 e. The molecule has 0 heterocycles. The van der Waals surface area contributed by atoms with Gasteiger partial charge in [-0.25, -0.2) is 8.42 Å². The van der Waals surface area contributed by atoms with Crippen molar-refractivity contribution in [1.29, 1.82) is 0 Å². The third-order valence-electron chi connectivity index (χ3n) is 3.84. The molecule has 2 rings (SSSR count). The first kappa shape index (κ1) is 19.7. The number of para-hydroxylation sites is 1. The number of carbonyl (C=O) groups is 1. The van der Waals surface area contributed by atoms with Crippen LogP contribution in [0.4, 0.5) is 11.4 Å². The van der Waals surface area contributed by atoms with Gasteiger partial charge in [0.05, 0.1) is 11.9 Å². The molecule has 0 unspecified atom stereocenters. The second kappa shape index (κ2) is 7.74. The van der Waals surface area contributed by atoms with Gasteiger partial charge in [-0.2, -0.15) is 0 Å². The monoisotopic (exact) mass is 472 g/mol. The van der Waals surface area contributed by atoms with E-state index in [4.69, 9.17) is 0 Å². The van der Waals surface area contributed by atoms with Crippen molar-refractivity contribution in [2.75, 3.05) is 22.4 Å². The van der Waals surface area contributed by atoms with Gasteiger partial charge in [0.25, 0.3) is 0 Å². The molecule has 5 nitrogen and oxygen atoms in total. The molecular weight excluding hydrogens is 451 g/mol. The SMILES string of the molecule is Cc1cc(I)ccc1NC(=O)CN(c1c(C)cccc1C)S(C)(=O)=O. The van der Waals surface area contributed by atoms with E-state index >= 15 is 0 Å². The van der Waals surface area contributed by atoms with Gasteiger partial charge in [0.1, 0.15) is 6.54 Å². The van der Waals surface area contributed by atoms with Crippen molar-refractivity contribution in [3.05, 3.63) is 56.7 Å². The third kappa shape index (κ3) is 4.94. The fraction of sp³-hybridized carbons (Fsp3) is 0.278. The number of anilines is 2. The van der Waals surface area contributed by atoms with Crippen molar-refractivity contribution in [3.8, 4) is 0 Å². The number of sulfonamides is 1. The number of halogens is 1. The Kier molecular flexibility index (Phi) is 6.10.